The molecule has 27 heavy (non-hydrogen) atoms. The second-order valence-electron chi connectivity index (χ2n) is 6.53. The van der Waals surface area contributed by atoms with E-state index in [9.17, 15) is 14.0 Å². The molecule has 0 heterocycles. The topological polar surface area (TPSA) is 87.7 Å². The van der Waals surface area contributed by atoms with Crippen LogP contribution < -0.4 is 15.4 Å². The summed E-state index contributed by atoms with van der Waals surface area (Å²) in [6.07, 6.45) is 3.24. The number of nitrogens with one attached hydrogen (secondary N) is 2. The zero-order valence-electron chi connectivity index (χ0n) is 14.7. The predicted molar refractivity (Wildman–Crippen MR) is 98.6 cm³/mol. The van der Waals surface area contributed by atoms with Crippen LogP contribution in [0.2, 0.25) is 0 Å². The second-order valence-corrected chi connectivity index (χ2v) is 6.53. The van der Waals surface area contributed by atoms with Crippen LogP contribution in [0.5, 0.6) is 5.75 Å². The molecule has 0 radical (unpaired) electrons. The molecular weight excluding hydrogens is 351 g/mol. The van der Waals surface area contributed by atoms with Crippen LogP contribution in [0.4, 0.5) is 14.9 Å². The average molecular weight is 372 g/mol. The van der Waals surface area contributed by atoms with Crippen molar-refractivity contribution in [1.29, 1.82) is 0 Å². The summed E-state index contributed by atoms with van der Waals surface area (Å²) in [6.45, 7) is 0. The standard InChI is InChI=1S/C20H21FN2O4/c21-14-3-9-17(10-4-14)27-18-11-7-16(8-12-18)23-20(26)22-15-5-1-13(2-6-15)19(24)25/h1-6,9-10,16,18H,7-8,11-12H2,(H,24,25)(H2,22,23,26). The third kappa shape index (κ3) is 5.44. The Kier molecular flexibility index (Phi) is 5.90. The minimum atomic E-state index is -1.01. The van der Waals surface area contributed by atoms with Crippen LogP contribution in [0, 0.1) is 5.82 Å². The summed E-state index contributed by atoms with van der Waals surface area (Å²) in [6, 6.07) is 11.7. The first-order chi connectivity index (χ1) is 13.0. The molecule has 2 aromatic rings. The van der Waals surface area contributed by atoms with E-state index in [1.54, 1.807) is 24.3 Å². The highest BCUT2D eigenvalue weighted by Crippen LogP contribution is 2.24. The zero-order chi connectivity index (χ0) is 19.2. The molecule has 1 aliphatic rings. The van der Waals surface area contributed by atoms with Gasteiger partial charge in [-0.25, -0.2) is 14.0 Å². The van der Waals surface area contributed by atoms with Gasteiger partial charge in [0.2, 0.25) is 0 Å². The van der Waals surface area contributed by atoms with Crippen molar-refractivity contribution in [3.05, 3.63) is 59.9 Å². The van der Waals surface area contributed by atoms with Gasteiger partial charge in [0.1, 0.15) is 11.6 Å². The quantitative estimate of drug-likeness (QED) is 0.739. The Morgan fingerprint density at radius 3 is 2.19 bits per heavy atom. The van der Waals surface area contributed by atoms with E-state index in [0.29, 0.717) is 11.4 Å². The fraction of sp³-hybridized carbons (Fsp3) is 0.300. The molecule has 1 aliphatic carbocycles. The maximum absolute atomic E-state index is 12.9. The van der Waals surface area contributed by atoms with Gasteiger partial charge < -0.3 is 20.5 Å². The van der Waals surface area contributed by atoms with Crippen LogP contribution in [0.15, 0.2) is 48.5 Å². The molecule has 3 rings (SSSR count). The molecule has 6 nitrogen and oxygen atoms in total. The summed E-state index contributed by atoms with van der Waals surface area (Å²) in [4.78, 5) is 22.9. The molecule has 0 aliphatic heterocycles. The van der Waals surface area contributed by atoms with Gasteiger partial charge >= 0.3 is 12.0 Å². The Morgan fingerprint density at radius 2 is 1.59 bits per heavy atom. The lowest BCUT2D eigenvalue weighted by molar-refractivity contribution is 0.0697. The number of hydrogen-bond acceptors (Lipinski definition) is 3. The van der Waals surface area contributed by atoms with Gasteiger partial charge in [0, 0.05) is 11.7 Å². The third-order valence-corrected chi connectivity index (χ3v) is 4.52. The number of carbonyl (C=O) groups excluding carboxylic acids is 1. The van der Waals surface area contributed by atoms with Crippen LogP contribution >= 0.6 is 0 Å². The lowest BCUT2D eigenvalue weighted by atomic mass is 9.93. The van der Waals surface area contributed by atoms with Crippen molar-refractivity contribution in [1.82, 2.24) is 5.32 Å². The lowest BCUT2D eigenvalue weighted by Crippen LogP contribution is -2.41. The van der Waals surface area contributed by atoms with Gasteiger partial charge in [-0.2, -0.15) is 0 Å². The first-order valence-electron chi connectivity index (χ1n) is 8.83. The van der Waals surface area contributed by atoms with Crippen molar-refractivity contribution in [3.8, 4) is 5.75 Å². The van der Waals surface area contributed by atoms with E-state index in [-0.39, 0.29) is 29.6 Å². The predicted octanol–water partition coefficient (Wildman–Crippen LogP) is 4.04. The van der Waals surface area contributed by atoms with Gasteiger partial charge in [0.25, 0.3) is 0 Å². The Hall–Kier alpha value is -3.09. The van der Waals surface area contributed by atoms with Gasteiger partial charge in [-0.1, -0.05) is 0 Å². The monoisotopic (exact) mass is 372 g/mol. The number of carbonyl (C=O) groups is 2. The van der Waals surface area contributed by atoms with Gasteiger partial charge in [0.15, 0.2) is 0 Å². The van der Waals surface area contributed by atoms with E-state index in [1.165, 1.54) is 24.3 Å². The molecule has 0 spiro atoms. The molecule has 0 saturated heterocycles. The van der Waals surface area contributed by atoms with Crippen molar-refractivity contribution >= 4 is 17.7 Å². The van der Waals surface area contributed by atoms with Crippen molar-refractivity contribution in [2.45, 2.75) is 37.8 Å². The molecule has 1 saturated carbocycles. The highest BCUT2D eigenvalue weighted by atomic mass is 19.1. The largest absolute Gasteiger partial charge is 0.490 e. The highest BCUT2D eigenvalue weighted by Gasteiger charge is 2.23. The number of carboxylic acid groups (broad SMARTS) is 1. The summed E-state index contributed by atoms with van der Waals surface area (Å²) >= 11 is 0. The summed E-state index contributed by atoms with van der Waals surface area (Å²) in [5.74, 6) is -0.653. The Balaban J connectivity index is 1.42. The van der Waals surface area contributed by atoms with E-state index in [1.807, 2.05) is 0 Å². The van der Waals surface area contributed by atoms with Crippen LogP contribution in [0.3, 0.4) is 0 Å². The Bertz CT molecular complexity index is 785. The first kappa shape index (κ1) is 18.7. The van der Waals surface area contributed by atoms with Crippen LogP contribution in [-0.2, 0) is 0 Å². The third-order valence-electron chi connectivity index (χ3n) is 4.52. The summed E-state index contributed by atoms with van der Waals surface area (Å²) < 4.78 is 18.8. The second kappa shape index (κ2) is 8.53. The van der Waals surface area contributed by atoms with E-state index in [4.69, 9.17) is 9.84 Å². The van der Waals surface area contributed by atoms with Crippen LogP contribution in [0.1, 0.15) is 36.0 Å². The number of ether oxygens (including phenoxy) is 1. The molecule has 1 fully saturated rings. The van der Waals surface area contributed by atoms with Crippen LogP contribution in [-0.4, -0.2) is 29.3 Å². The Labute approximate surface area is 156 Å². The van der Waals surface area contributed by atoms with Crippen LogP contribution in [0.25, 0.3) is 0 Å². The molecular formula is C20H21FN2O4. The van der Waals surface area contributed by atoms with E-state index < -0.39 is 5.97 Å². The minimum Gasteiger partial charge on any atom is -0.490 e. The number of benzene rings is 2. The molecule has 2 aromatic carbocycles. The molecule has 2 amide bonds. The number of aromatic carboxylic acids is 1. The number of rotatable bonds is 5. The molecule has 0 aromatic heterocycles. The Morgan fingerprint density at radius 1 is 0.963 bits per heavy atom. The minimum absolute atomic E-state index is 0.0522. The molecule has 0 bridgehead atoms. The maximum Gasteiger partial charge on any atom is 0.335 e. The van der Waals surface area contributed by atoms with Crippen molar-refractivity contribution in [3.63, 3.8) is 0 Å². The van der Waals surface area contributed by atoms with Crippen molar-refractivity contribution in [2.24, 2.45) is 0 Å². The fourth-order valence-electron chi connectivity index (χ4n) is 3.08. The SMILES string of the molecule is O=C(Nc1ccc(C(=O)O)cc1)NC1CCC(Oc2ccc(F)cc2)CC1. The van der Waals surface area contributed by atoms with Gasteiger partial charge in [0.05, 0.1) is 11.7 Å². The lowest BCUT2D eigenvalue weighted by Gasteiger charge is -2.29. The molecule has 0 atom stereocenters. The molecule has 7 heteroatoms. The van der Waals surface area contributed by atoms with Crippen molar-refractivity contribution < 1.29 is 23.8 Å². The molecule has 3 N–H and O–H groups in total. The molecule has 142 valence electrons. The highest BCUT2D eigenvalue weighted by molar-refractivity contribution is 5.91. The van der Waals surface area contributed by atoms with Gasteiger partial charge in [-0.05, 0) is 74.2 Å². The van der Waals surface area contributed by atoms with E-state index in [0.717, 1.165) is 25.7 Å². The number of amides is 2. The normalized spacial score (nSPS) is 19.1. The average Bonchev–Trinajstić information content (AvgIpc) is 2.65. The summed E-state index contributed by atoms with van der Waals surface area (Å²) in [5, 5.41) is 14.5. The van der Waals surface area contributed by atoms with Gasteiger partial charge in [-0.3, -0.25) is 0 Å². The summed E-state index contributed by atoms with van der Waals surface area (Å²) in [7, 11) is 0. The number of hydrogen-bond donors (Lipinski definition) is 3. The summed E-state index contributed by atoms with van der Waals surface area (Å²) in [5.41, 5.74) is 0.700. The smallest absolute Gasteiger partial charge is 0.335 e. The molecule has 0 unspecified atom stereocenters. The number of anilines is 1. The van der Waals surface area contributed by atoms with E-state index >= 15 is 0 Å². The van der Waals surface area contributed by atoms with E-state index in [2.05, 4.69) is 10.6 Å². The fourth-order valence-corrected chi connectivity index (χ4v) is 3.08. The number of urea groups is 1. The zero-order valence-corrected chi connectivity index (χ0v) is 14.7. The number of carboxylic acids is 1. The number of halogens is 1. The first-order valence-corrected chi connectivity index (χ1v) is 8.83. The van der Waals surface area contributed by atoms with Gasteiger partial charge in [-0.15, -0.1) is 0 Å². The maximum atomic E-state index is 12.9. The van der Waals surface area contributed by atoms with Crippen molar-refractivity contribution in [2.75, 3.05) is 5.32 Å².